The third kappa shape index (κ3) is 3.71. The van der Waals surface area contributed by atoms with Gasteiger partial charge in [0.15, 0.2) is 0 Å². The maximum absolute atomic E-state index is 13.2. The van der Waals surface area contributed by atoms with E-state index in [1.54, 1.807) is 17.0 Å². The highest BCUT2D eigenvalue weighted by Gasteiger charge is 2.26. The summed E-state index contributed by atoms with van der Waals surface area (Å²) in [5.41, 5.74) is 14.0. The van der Waals surface area contributed by atoms with Gasteiger partial charge in [-0.3, -0.25) is 14.4 Å². The van der Waals surface area contributed by atoms with Crippen LogP contribution in [-0.4, -0.2) is 53.8 Å². The Hall–Kier alpha value is -3.81. The van der Waals surface area contributed by atoms with Crippen LogP contribution >= 0.6 is 0 Å². The van der Waals surface area contributed by atoms with Crippen molar-refractivity contribution in [2.24, 2.45) is 11.5 Å². The first-order chi connectivity index (χ1) is 14.4. The molecule has 0 atom stereocenters. The quantitative estimate of drug-likeness (QED) is 0.591. The standard InChI is InChI=1S/C22H23N5O3/c23-19(28)13-17-16-3-1-2-4-18(16)25-20(17)22(30)27-11-9-26(10-12-27)15-7-5-14(6-8-15)21(24)29/h1-8,25H,9-13H2,(H2,23,28)(H2,24,29). The van der Waals surface area contributed by atoms with Crippen LogP contribution in [-0.2, 0) is 11.2 Å². The average molecular weight is 405 g/mol. The second kappa shape index (κ2) is 7.90. The van der Waals surface area contributed by atoms with E-state index in [1.807, 2.05) is 36.4 Å². The van der Waals surface area contributed by atoms with E-state index in [-0.39, 0.29) is 12.3 Å². The van der Waals surface area contributed by atoms with E-state index in [0.717, 1.165) is 16.6 Å². The molecule has 5 N–H and O–H groups in total. The third-order valence-electron chi connectivity index (χ3n) is 5.46. The van der Waals surface area contributed by atoms with Crippen LogP contribution in [0.2, 0.25) is 0 Å². The van der Waals surface area contributed by atoms with Gasteiger partial charge < -0.3 is 26.3 Å². The molecule has 1 aliphatic heterocycles. The van der Waals surface area contributed by atoms with E-state index >= 15 is 0 Å². The summed E-state index contributed by atoms with van der Waals surface area (Å²) in [6, 6.07) is 14.6. The summed E-state index contributed by atoms with van der Waals surface area (Å²) in [7, 11) is 0. The van der Waals surface area contributed by atoms with Crippen LogP contribution in [0.25, 0.3) is 10.9 Å². The molecular formula is C22H23N5O3. The molecule has 0 bridgehead atoms. The van der Waals surface area contributed by atoms with Crippen molar-refractivity contribution in [1.82, 2.24) is 9.88 Å². The van der Waals surface area contributed by atoms with E-state index in [4.69, 9.17) is 11.5 Å². The summed E-state index contributed by atoms with van der Waals surface area (Å²) in [5, 5.41) is 0.841. The molecule has 154 valence electrons. The van der Waals surface area contributed by atoms with Gasteiger partial charge in [-0.05, 0) is 35.9 Å². The summed E-state index contributed by atoms with van der Waals surface area (Å²) in [4.78, 5) is 43.1. The number of hydrogen-bond donors (Lipinski definition) is 3. The number of anilines is 1. The topological polar surface area (TPSA) is 126 Å². The molecule has 1 saturated heterocycles. The SMILES string of the molecule is NC(=O)Cc1c(C(=O)N2CCN(c3ccc(C(N)=O)cc3)CC2)[nH]c2ccccc12. The molecule has 0 saturated carbocycles. The average Bonchev–Trinajstić information content (AvgIpc) is 3.11. The number of hydrogen-bond acceptors (Lipinski definition) is 4. The van der Waals surface area contributed by atoms with Gasteiger partial charge in [0.05, 0.1) is 6.42 Å². The van der Waals surface area contributed by atoms with E-state index < -0.39 is 11.8 Å². The van der Waals surface area contributed by atoms with Gasteiger partial charge in [-0.1, -0.05) is 18.2 Å². The number of benzene rings is 2. The van der Waals surface area contributed by atoms with Crippen LogP contribution in [0, 0.1) is 0 Å². The van der Waals surface area contributed by atoms with Crippen molar-refractivity contribution in [2.45, 2.75) is 6.42 Å². The summed E-state index contributed by atoms with van der Waals surface area (Å²) in [6.45, 7) is 2.41. The number of carbonyl (C=O) groups excluding carboxylic acids is 3. The van der Waals surface area contributed by atoms with Crippen molar-refractivity contribution >= 4 is 34.3 Å². The second-order valence-electron chi connectivity index (χ2n) is 7.36. The Balaban J connectivity index is 1.50. The first kappa shape index (κ1) is 19.5. The van der Waals surface area contributed by atoms with Crippen LogP contribution < -0.4 is 16.4 Å². The maximum Gasteiger partial charge on any atom is 0.270 e. The van der Waals surface area contributed by atoms with Crippen LogP contribution in [0.4, 0.5) is 5.69 Å². The molecule has 3 aromatic rings. The van der Waals surface area contributed by atoms with E-state index in [0.29, 0.717) is 43.0 Å². The summed E-state index contributed by atoms with van der Waals surface area (Å²) < 4.78 is 0. The van der Waals surface area contributed by atoms with Gasteiger partial charge in [-0.2, -0.15) is 0 Å². The first-order valence-corrected chi connectivity index (χ1v) is 9.76. The summed E-state index contributed by atoms with van der Waals surface area (Å²) in [6.07, 6.45) is 0.0112. The predicted molar refractivity (Wildman–Crippen MR) is 114 cm³/mol. The minimum Gasteiger partial charge on any atom is -0.369 e. The fourth-order valence-electron chi connectivity index (χ4n) is 3.90. The second-order valence-corrected chi connectivity index (χ2v) is 7.36. The number of H-pyrrole nitrogens is 1. The van der Waals surface area contributed by atoms with Gasteiger partial charge in [0.25, 0.3) is 5.91 Å². The number of para-hydroxylation sites is 1. The molecule has 30 heavy (non-hydrogen) atoms. The van der Waals surface area contributed by atoms with Crippen LogP contribution in [0.15, 0.2) is 48.5 Å². The Morgan fingerprint density at radius 2 is 1.57 bits per heavy atom. The van der Waals surface area contributed by atoms with E-state index in [9.17, 15) is 14.4 Å². The van der Waals surface area contributed by atoms with Gasteiger partial charge in [-0.25, -0.2) is 0 Å². The minimum absolute atomic E-state index is 0.0112. The van der Waals surface area contributed by atoms with E-state index in [2.05, 4.69) is 9.88 Å². The molecular weight excluding hydrogens is 382 g/mol. The lowest BCUT2D eigenvalue weighted by Crippen LogP contribution is -2.49. The van der Waals surface area contributed by atoms with Gasteiger partial charge >= 0.3 is 0 Å². The summed E-state index contributed by atoms with van der Waals surface area (Å²) >= 11 is 0. The van der Waals surface area contributed by atoms with Gasteiger partial charge in [0.1, 0.15) is 5.69 Å². The molecule has 3 amide bonds. The van der Waals surface area contributed by atoms with Crippen molar-refractivity contribution < 1.29 is 14.4 Å². The summed E-state index contributed by atoms with van der Waals surface area (Å²) in [5.74, 6) is -1.06. The van der Waals surface area contributed by atoms with Crippen LogP contribution in [0.1, 0.15) is 26.4 Å². The number of primary amides is 2. The lowest BCUT2D eigenvalue weighted by molar-refractivity contribution is -0.117. The fourth-order valence-corrected chi connectivity index (χ4v) is 3.90. The number of piperazine rings is 1. The highest BCUT2D eigenvalue weighted by Crippen LogP contribution is 2.25. The molecule has 1 fully saturated rings. The Labute approximate surface area is 173 Å². The van der Waals surface area contributed by atoms with Gasteiger partial charge in [0, 0.05) is 48.3 Å². The highest BCUT2D eigenvalue weighted by atomic mass is 16.2. The number of nitrogens with two attached hydrogens (primary N) is 2. The number of carbonyl (C=O) groups is 3. The van der Waals surface area contributed by atoms with Crippen molar-refractivity contribution in [1.29, 1.82) is 0 Å². The van der Waals surface area contributed by atoms with Crippen molar-refractivity contribution in [3.05, 3.63) is 65.4 Å². The van der Waals surface area contributed by atoms with Crippen molar-refractivity contribution in [3.63, 3.8) is 0 Å². The number of fused-ring (bicyclic) bond motifs is 1. The lowest BCUT2D eigenvalue weighted by atomic mass is 10.1. The fraction of sp³-hybridized carbons (Fsp3) is 0.227. The zero-order chi connectivity index (χ0) is 21.3. The van der Waals surface area contributed by atoms with Crippen LogP contribution in [0.5, 0.6) is 0 Å². The highest BCUT2D eigenvalue weighted by molar-refractivity contribution is 6.03. The Morgan fingerprint density at radius 3 is 2.20 bits per heavy atom. The first-order valence-electron chi connectivity index (χ1n) is 9.76. The number of nitrogens with zero attached hydrogens (tertiary/aromatic N) is 2. The van der Waals surface area contributed by atoms with Crippen LogP contribution in [0.3, 0.4) is 0 Å². The number of nitrogens with one attached hydrogen (secondary N) is 1. The minimum atomic E-state index is -0.474. The van der Waals surface area contributed by atoms with E-state index in [1.165, 1.54) is 0 Å². The molecule has 0 radical (unpaired) electrons. The molecule has 1 aliphatic rings. The maximum atomic E-state index is 13.2. The molecule has 8 heteroatoms. The normalized spacial score (nSPS) is 14.1. The zero-order valence-corrected chi connectivity index (χ0v) is 16.4. The molecule has 2 heterocycles. The Kier molecular flexibility index (Phi) is 5.14. The number of aromatic nitrogens is 1. The molecule has 1 aromatic heterocycles. The molecule has 2 aromatic carbocycles. The number of rotatable bonds is 5. The third-order valence-corrected chi connectivity index (χ3v) is 5.46. The molecule has 0 unspecified atom stereocenters. The zero-order valence-electron chi connectivity index (χ0n) is 16.4. The van der Waals surface area contributed by atoms with Gasteiger partial charge in [-0.15, -0.1) is 0 Å². The Morgan fingerprint density at radius 1 is 0.900 bits per heavy atom. The van der Waals surface area contributed by atoms with Gasteiger partial charge in [0.2, 0.25) is 11.8 Å². The number of aromatic amines is 1. The monoisotopic (exact) mass is 405 g/mol. The lowest BCUT2D eigenvalue weighted by Gasteiger charge is -2.36. The molecule has 4 rings (SSSR count). The smallest absolute Gasteiger partial charge is 0.270 e. The molecule has 8 nitrogen and oxygen atoms in total. The molecule has 0 aliphatic carbocycles. The largest absolute Gasteiger partial charge is 0.369 e. The number of amides is 3. The Bertz CT molecular complexity index is 1110. The van der Waals surface area contributed by atoms with Crippen molar-refractivity contribution in [3.8, 4) is 0 Å². The molecule has 0 spiro atoms. The van der Waals surface area contributed by atoms with Crippen molar-refractivity contribution in [2.75, 3.05) is 31.1 Å². The predicted octanol–water partition coefficient (Wildman–Crippen LogP) is 1.26.